The predicted molar refractivity (Wildman–Crippen MR) is 87.7 cm³/mol. The molecule has 2 spiro atoms. The van der Waals surface area contributed by atoms with Crippen LogP contribution >= 0.6 is 15.9 Å². The first-order valence-electron chi connectivity index (χ1n) is 8.88. The zero-order chi connectivity index (χ0) is 15.3. The first kappa shape index (κ1) is 13.9. The molecule has 0 radical (unpaired) electrons. The Labute approximate surface area is 140 Å². The largest absolute Gasteiger partial charge is 0.299 e. The molecule has 0 saturated heterocycles. The van der Waals surface area contributed by atoms with Crippen molar-refractivity contribution in [1.82, 2.24) is 0 Å². The van der Waals surface area contributed by atoms with E-state index in [2.05, 4.69) is 22.9 Å². The average Bonchev–Trinajstić information content (AvgIpc) is 2.88. The molecular weight excluding hydrogens is 340 g/mol. The van der Waals surface area contributed by atoms with E-state index in [1.54, 1.807) is 0 Å². The SMILES string of the molecule is C[C@]12CC[C@@]34[C@@H](CCC5=CC(=O)CC[C@]53[C@H]4Br)[C@@H]1CCC2=O. The van der Waals surface area contributed by atoms with Gasteiger partial charge in [-0.15, -0.1) is 0 Å². The number of allylic oxidation sites excluding steroid dienone is 1. The predicted octanol–water partition coefficient (Wildman–Crippen LogP) is 4.21. The summed E-state index contributed by atoms with van der Waals surface area (Å²) in [5.41, 5.74) is 2.01. The van der Waals surface area contributed by atoms with E-state index in [9.17, 15) is 9.59 Å². The fraction of sp³-hybridized carbons (Fsp3) is 0.789. The molecule has 0 aromatic heterocycles. The molecule has 0 N–H and O–H groups in total. The van der Waals surface area contributed by atoms with E-state index in [1.807, 2.05) is 6.08 Å². The lowest BCUT2D eigenvalue weighted by molar-refractivity contribution is -0.131. The van der Waals surface area contributed by atoms with Crippen LogP contribution in [0.15, 0.2) is 11.6 Å². The van der Waals surface area contributed by atoms with Crippen molar-refractivity contribution in [2.45, 2.75) is 63.1 Å². The summed E-state index contributed by atoms with van der Waals surface area (Å²) in [6.07, 6.45) is 10.2. The zero-order valence-corrected chi connectivity index (χ0v) is 14.7. The molecule has 118 valence electrons. The van der Waals surface area contributed by atoms with Crippen LogP contribution in [0.4, 0.5) is 0 Å². The monoisotopic (exact) mass is 362 g/mol. The Morgan fingerprint density at radius 2 is 1.82 bits per heavy atom. The third-order valence-electron chi connectivity index (χ3n) is 8.37. The number of fused-ring (bicyclic) bond motifs is 2. The van der Waals surface area contributed by atoms with Crippen LogP contribution in [-0.2, 0) is 9.59 Å². The molecule has 0 aromatic rings. The number of carbonyl (C=O) groups is 2. The smallest absolute Gasteiger partial charge is 0.155 e. The minimum Gasteiger partial charge on any atom is -0.299 e. The van der Waals surface area contributed by atoms with Gasteiger partial charge in [-0.2, -0.15) is 0 Å². The number of carbonyl (C=O) groups excluding carboxylic acids is 2. The van der Waals surface area contributed by atoms with Gasteiger partial charge >= 0.3 is 0 Å². The second kappa shape index (κ2) is 3.96. The van der Waals surface area contributed by atoms with E-state index < -0.39 is 0 Å². The lowest BCUT2D eigenvalue weighted by atomic mass is 9.52. The number of ketones is 2. The second-order valence-corrected chi connectivity index (χ2v) is 9.56. The van der Waals surface area contributed by atoms with Crippen LogP contribution in [0, 0.1) is 28.1 Å². The van der Waals surface area contributed by atoms with Gasteiger partial charge in [-0.1, -0.05) is 28.4 Å². The van der Waals surface area contributed by atoms with Gasteiger partial charge in [0.15, 0.2) is 5.78 Å². The van der Waals surface area contributed by atoms with E-state index in [0.29, 0.717) is 33.6 Å². The lowest BCUT2D eigenvalue weighted by Gasteiger charge is -2.51. The Balaban J connectivity index is 1.61. The number of rotatable bonds is 0. The number of hydrogen-bond donors (Lipinski definition) is 0. The van der Waals surface area contributed by atoms with Crippen LogP contribution in [0.1, 0.15) is 58.3 Å². The number of alkyl halides is 1. The number of hydrogen-bond acceptors (Lipinski definition) is 2. The van der Waals surface area contributed by atoms with Gasteiger partial charge in [-0.3, -0.25) is 9.59 Å². The molecule has 0 aromatic carbocycles. The highest BCUT2D eigenvalue weighted by Crippen LogP contribution is 2.85. The Kier molecular flexibility index (Phi) is 2.51. The molecule has 4 saturated carbocycles. The number of Topliss-reactive ketones (excluding diaryl/α,β-unsaturated/α-hetero) is 1. The van der Waals surface area contributed by atoms with Gasteiger partial charge < -0.3 is 0 Å². The Hall–Kier alpha value is -0.440. The molecular formula is C19H23BrO2. The summed E-state index contributed by atoms with van der Waals surface area (Å²) < 4.78 is 0. The van der Waals surface area contributed by atoms with Crippen LogP contribution < -0.4 is 0 Å². The molecule has 5 rings (SSSR count). The van der Waals surface area contributed by atoms with Crippen molar-refractivity contribution >= 4 is 27.5 Å². The highest BCUT2D eigenvalue weighted by Gasteiger charge is 2.82. The maximum absolute atomic E-state index is 12.5. The first-order valence-corrected chi connectivity index (χ1v) is 9.80. The molecule has 0 amide bonds. The molecule has 6 atom stereocenters. The zero-order valence-electron chi connectivity index (χ0n) is 13.2. The summed E-state index contributed by atoms with van der Waals surface area (Å²) in [6, 6.07) is 0. The fourth-order valence-electron chi connectivity index (χ4n) is 7.28. The molecule has 5 aliphatic carbocycles. The molecule has 2 nitrogen and oxygen atoms in total. The Morgan fingerprint density at radius 1 is 1.05 bits per heavy atom. The Morgan fingerprint density at radius 3 is 2.64 bits per heavy atom. The van der Waals surface area contributed by atoms with Gasteiger partial charge in [-0.05, 0) is 61.9 Å². The van der Waals surface area contributed by atoms with E-state index >= 15 is 0 Å². The molecule has 4 fully saturated rings. The third kappa shape index (κ3) is 1.25. The van der Waals surface area contributed by atoms with E-state index in [1.165, 1.54) is 18.4 Å². The normalized spacial score (nSPS) is 55.7. The summed E-state index contributed by atoms with van der Waals surface area (Å²) in [6.45, 7) is 2.24. The van der Waals surface area contributed by atoms with Crippen molar-refractivity contribution in [3.63, 3.8) is 0 Å². The highest BCUT2D eigenvalue weighted by atomic mass is 79.9. The molecule has 0 unspecified atom stereocenters. The molecule has 3 heteroatoms. The van der Waals surface area contributed by atoms with Gasteiger partial charge in [-0.25, -0.2) is 0 Å². The van der Waals surface area contributed by atoms with Crippen molar-refractivity contribution in [3.8, 4) is 0 Å². The second-order valence-electron chi connectivity index (χ2n) is 8.64. The fourth-order valence-corrected chi connectivity index (χ4v) is 9.07. The first-order chi connectivity index (χ1) is 10.5. The third-order valence-corrected chi connectivity index (χ3v) is 9.97. The molecule has 22 heavy (non-hydrogen) atoms. The van der Waals surface area contributed by atoms with Gasteiger partial charge in [0.2, 0.25) is 0 Å². The molecule has 5 aliphatic rings. The molecule has 0 aliphatic heterocycles. The van der Waals surface area contributed by atoms with E-state index in [4.69, 9.17) is 0 Å². The Bertz CT molecular complexity index is 637. The van der Waals surface area contributed by atoms with Crippen molar-refractivity contribution in [1.29, 1.82) is 0 Å². The van der Waals surface area contributed by atoms with Crippen molar-refractivity contribution < 1.29 is 9.59 Å². The lowest BCUT2D eigenvalue weighted by Crippen LogP contribution is -2.47. The standard InChI is InChI=1S/C19H23BrO2/c1-17-8-9-19-14(13(17)4-5-15(17)22)3-2-11-10-12(21)6-7-18(11,19)16(19)20/h10,13-14,16H,2-9H2,1H3/t13-,14-,16+,17-,18+,19-/m0/s1. The van der Waals surface area contributed by atoms with Crippen LogP contribution in [0.25, 0.3) is 0 Å². The summed E-state index contributed by atoms with van der Waals surface area (Å²) in [5, 5.41) is 0. The minimum absolute atomic E-state index is 0.0435. The molecule has 0 heterocycles. The van der Waals surface area contributed by atoms with Gasteiger partial charge in [0, 0.05) is 28.5 Å². The summed E-state index contributed by atoms with van der Waals surface area (Å²) >= 11 is 4.05. The summed E-state index contributed by atoms with van der Waals surface area (Å²) in [4.78, 5) is 24.9. The maximum atomic E-state index is 12.5. The van der Waals surface area contributed by atoms with Gasteiger partial charge in [0.05, 0.1) is 0 Å². The van der Waals surface area contributed by atoms with E-state index in [0.717, 1.165) is 38.5 Å². The van der Waals surface area contributed by atoms with Crippen molar-refractivity contribution in [2.24, 2.45) is 28.1 Å². The summed E-state index contributed by atoms with van der Waals surface area (Å²) in [7, 11) is 0. The van der Waals surface area contributed by atoms with E-state index in [-0.39, 0.29) is 10.8 Å². The average molecular weight is 363 g/mol. The van der Waals surface area contributed by atoms with Gasteiger partial charge in [0.25, 0.3) is 0 Å². The summed E-state index contributed by atoms with van der Waals surface area (Å²) in [5.74, 6) is 2.13. The topological polar surface area (TPSA) is 34.1 Å². The highest BCUT2D eigenvalue weighted by molar-refractivity contribution is 9.09. The van der Waals surface area contributed by atoms with Crippen molar-refractivity contribution in [2.75, 3.05) is 0 Å². The van der Waals surface area contributed by atoms with Crippen LogP contribution in [0.5, 0.6) is 0 Å². The van der Waals surface area contributed by atoms with Gasteiger partial charge in [0.1, 0.15) is 5.78 Å². The minimum atomic E-state index is -0.0435. The van der Waals surface area contributed by atoms with Crippen LogP contribution in [0.2, 0.25) is 0 Å². The van der Waals surface area contributed by atoms with Crippen LogP contribution in [0.3, 0.4) is 0 Å². The quantitative estimate of drug-likeness (QED) is 0.604. The van der Waals surface area contributed by atoms with Crippen LogP contribution in [-0.4, -0.2) is 16.4 Å². The number of halogens is 1. The molecule has 0 bridgehead atoms. The van der Waals surface area contributed by atoms with Crippen molar-refractivity contribution in [3.05, 3.63) is 11.6 Å². The maximum Gasteiger partial charge on any atom is 0.155 e.